The van der Waals surface area contributed by atoms with Gasteiger partial charge in [-0.05, 0) is 35.9 Å². The largest absolute Gasteiger partial charge is 0.481 e. The van der Waals surface area contributed by atoms with E-state index in [-0.39, 0.29) is 5.95 Å². The minimum atomic E-state index is -0.833. The van der Waals surface area contributed by atoms with Gasteiger partial charge in [-0.25, -0.2) is 4.98 Å². The van der Waals surface area contributed by atoms with Crippen LogP contribution in [0.5, 0.6) is 0 Å². The lowest BCUT2D eigenvalue weighted by Gasteiger charge is -2.10. The van der Waals surface area contributed by atoms with Crippen molar-refractivity contribution in [2.75, 3.05) is 16.8 Å². The number of fused-ring (bicyclic) bond motifs is 1. The fourth-order valence-corrected chi connectivity index (χ4v) is 2.79. The molecule has 0 amide bonds. The second kappa shape index (κ2) is 8.17. The number of aliphatic imine (C=N–C) groups is 1. The zero-order chi connectivity index (χ0) is 20.1. The molecule has 142 valence electrons. The number of aromatic nitrogens is 2. The molecule has 0 spiro atoms. The molecule has 0 aliphatic carbocycles. The van der Waals surface area contributed by atoms with Gasteiger partial charge in [0.1, 0.15) is 5.82 Å². The van der Waals surface area contributed by atoms with Gasteiger partial charge in [0.05, 0.1) is 12.3 Å². The van der Waals surface area contributed by atoms with Crippen LogP contribution < -0.4 is 16.8 Å². The van der Waals surface area contributed by atoms with Crippen molar-refractivity contribution in [2.24, 2.45) is 4.99 Å². The average Bonchev–Trinajstić information content (AvgIpc) is 3.04. The zero-order valence-corrected chi connectivity index (χ0v) is 15.3. The molecule has 0 unspecified atom stereocenters. The van der Waals surface area contributed by atoms with E-state index in [0.717, 1.165) is 35.1 Å². The van der Waals surface area contributed by atoms with Crippen molar-refractivity contribution < 1.29 is 9.90 Å². The highest BCUT2D eigenvalue weighted by Gasteiger charge is 2.18. The Kier molecular flexibility index (Phi) is 5.50. The second-order valence-electron chi connectivity index (χ2n) is 6.11. The van der Waals surface area contributed by atoms with Crippen LogP contribution in [0, 0.1) is 0 Å². The number of hydrogen-bond acceptors (Lipinski definition) is 7. The van der Waals surface area contributed by atoms with E-state index >= 15 is 0 Å². The first kappa shape index (κ1) is 18.8. The van der Waals surface area contributed by atoms with Gasteiger partial charge in [-0.15, -0.1) is 0 Å². The highest BCUT2D eigenvalue weighted by atomic mass is 16.4. The number of aliphatic carboxylic acids is 1. The molecule has 8 heteroatoms. The SMILES string of the molecule is CC(=O)O.Nc1cccc(C2=NCc3ccc(Nc4ccnc(N)n4)cc32)c1. The quantitative estimate of drug-likeness (QED) is 0.515. The summed E-state index contributed by atoms with van der Waals surface area (Å²) in [5.74, 6) is 0.0612. The number of anilines is 4. The van der Waals surface area contributed by atoms with Gasteiger partial charge in [-0.2, -0.15) is 4.98 Å². The molecule has 2 aromatic carbocycles. The summed E-state index contributed by atoms with van der Waals surface area (Å²) in [6, 6.07) is 15.7. The zero-order valence-electron chi connectivity index (χ0n) is 15.3. The summed E-state index contributed by atoms with van der Waals surface area (Å²) >= 11 is 0. The first-order valence-corrected chi connectivity index (χ1v) is 8.51. The molecule has 0 fully saturated rings. The van der Waals surface area contributed by atoms with Crippen molar-refractivity contribution >= 4 is 34.8 Å². The number of nitrogen functional groups attached to an aromatic ring is 2. The van der Waals surface area contributed by atoms with E-state index in [1.807, 2.05) is 30.3 Å². The molecular weight excluding hydrogens is 356 g/mol. The Labute approximate surface area is 162 Å². The maximum absolute atomic E-state index is 9.00. The fourth-order valence-electron chi connectivity index (χ4n) is 2.79. The third-order valence-corrected chi connectivity index (χ3v) is 3.88. The summed E-state index contributed by atoms with van der Waals surface area (Å²) < 4.78 is 0. The average molecular weight is 376 g/mol. The monoisotopic (exact) mass is 376 g/mol. The van der Waals surface area contributed by atoms with E-state index in [4.69, 9.17) is 21.4 Å². The molecule has 0 bridgehead atoms. The van der Waals surface area contributed by atoms with Gasteiger partial charge in [0.2, 0.25) is 5.95 Å². The number of nitrogens with zero attached hydrogens (tertiary/aromatic N) is 3. The summed E-state index contributed by atoms with van der Waals surface area (Å²) in [6.45, 7) is 1.76. The predicted molar refractivity (Wildman–Crippen MR) is 110 cm³/mol. The molecule has 2 heterocycles. The molecule has 3 aromatic rings. The maximum atomic E-state index is 9.00. The van der Waals surface area contributed by atoms with Crippen LogP contribution in [0.2, 0.25) is 0 Å². The molecule has 6 N–H and O–H groups in total. The van der Waals surface area contributed by atoms with E-state index in [9.17, 15) is 0 Å². The van der Waals surface area contributed by atoms with Crippen molar-refractivity contribution in [1.82, 2.24) is 9.97 Å². The lowest BCUT2D eigenvalue weighted by atomic mass is 9.99. The minimum absolute atomic E-state index is 0.239. The van der Waals surface area contributed by atoms with Crippen molar-refractivity contribution in [3.05, 3.63) is 71.4 Å². The molecule has 1 aromatic heterocycles. The van der Waals surface area contributed by atoms with Gasteiger partial charge in [0.25, 0.3) is 5.97 Å². The molecule has 1 aliphatic heterocycles. The molecular formula is C20H20N6O2. The summed E-state index contributed by atoms with van der Waals surface area (Å²) in [5.41, 5.74) is 17.5. The van der Waals surface area contributed by atoms with E-state index in [2.05, 4.69) is 32.4 Å². The van der Waals surface area contributed by atoms with Crippen LogP contribution in [0.15, 0.2) is 59.7 Å². The van der Waals surface area contributed by atoms with Gasteiger partial charge < -0.3 is 21.9 Å². The summed E-state index contributed by atoms with van der Waals surface area (Å²) in [4.78, 5) is 21.7. The summed E-state index contributed by atoms with van der Waals surface area (Å²) in [7, 11) is 0. The first-order chi connectivity index (χ1) is 13.4. The smallest absolute Gasteiger partial charge is 0.300 e. The minimum Gasteiger partial charge on any atom is -0.481 e. The van der Waals surface area contributed by atoms with Gasteiger partial charge in [0.15, 0.2) is 0 Å². The third-order valence-electron chi connectivity index (χ3n) is 3.88. The van der Waals surface area contributed by atoms with Crippen LogP contribution in [-0.2, 0) is 11.3 Å². The van der Waals surface area contributed by atoms with Crippen molar-refractivity contribution in [2.45, 2.75) is 13.5 Å². The standard InChI is InChI=1S/C18H16N6.C2H4O2/c19-13-3-1-2-11(8-13)17-15-9-14(5-4-12(15)10-22-17)23-16-6-7-21-18(20)24-16;1-2(3)4/h1-9H,10,19H2,(H3,20,21,23,24);1H3,(H,3,4). The Morgan fingerprint density at radius 3 is 2.64 bits per heavy atom. The Balaban J connectivity index is 0.000000516. The van der Waals surface area contributed by atoms with E-state index < -0.39 is 5.97 Å². The molecule has 0 saturated carbocycles. The molecule has 28 heavy (non-hydrogen) atoms. The van der Waals surface area contributed by atoms with Gasteiger partial charge in [0, 0.05) is 35.6 Å². The second-order valence-corrected chi connectivity index (χ2v) is 6.11. The number of carbonyl (C=O) groups is 1. The fraction of sp³-hybridized carbons (Fsp3) is 0.100. The number of nitrogens with two attached hydrogens (primary N) is 2. The van der Waals surface area contributed by atoms with Crippen LogP contribution in [0.1, 0.15) is 23.6 Å². The lowest BCUT2D eigenvalue weighted by molar-refractivity contribution is -0.134. The highest BCUT2D eigenvalue weighted by Crippen LogP contribution is 2.27. The number of carboxylic acid groups (broad SMARTS) is 1. The predicted octanol–water partition coefficient (Wildman–Crippen LogP) is 2.83. The molecule has 0 radical (unpaired) electrons. The lowest BCUT2D eigenvalue weighted by Crippen LogP contribution is -2.03. The van der Waals surface area contributed by atoms with Crippen LogP contribution >= 0.6 is 0 Å². The van der Waals surface area contributed by atoms with Crippen LogP contribution in [0.3, 0.4) is 0 Å². The van der Waals surface area contributed by atoms with E-state index in [0.29, 0.717) is 12.4 Å². The molecule has 0 saturated heterocycles. The van der Waals surface area contributed by atoms with Crippen LogP contribution in [0.4, 0.5) is 23.1 Å². The van der Waals surface area contributed by atoms with Crippen molar-refractivity contribution in [3.63, 3.8) is 0 Å². The van der Waals surface area contributed by atoms with Gasteiger partial charge in [-0.3, -0.25) is 9.79 Å². The number of rotatable bonds is 3. The number of hydrogen-bond donors (Lipinski definition) is 4. The summed E-state index contributed by atoms with van der Waals surface area (Å²) in [5, 5.41) is 10.7. The number of benzene rings is 2. The molecule has 8 nitrogen and oxygen atoms in total. The Morgan fingerprint density at radius 2 is 1.93 bits per heavy atom. The normalized spacial score (nSPS) is 11.7. The van der Waals surface area contributed by atoms with Gasteiger partial charge >= 0.3 is 0 Å². The third kappa shape index (κ3) is 4.61. The van der Waals surface area contributed by atoms with Crippen LogP contribution in [-0.4, -0.2) is 26.8 Å². The number of carboxylic acids is 1. The summed E-state index contributed by atoms with van der Waals surface area (Å²) in [6.07, 6.45) is 1.62. The highest BCUT2D eigenvalue weighted by molar-refractivity contribution is 6.15. The Hall–Kier alpha value is -3.94. The molecule has 4 rings (SSSR count). The molecule has 0 atom stereocenters. The van der Waals surface area contributed by atoms with Crippen LogP contribution in [0.25, 0.3) is 0 Å². The Morgan fingerprint density at radius 1 is 1.14 bits per heavy atom. The first-order valence-electron chi connectivity index (χ1n) is 8.51. The van der Waals surface area contributed by atoms with E-state index in [1.54, 1.807) is 12.3 Å². The Bertz CT molecular complexity index is 1040. The van der Waals surface area contributed by atoms with Crippen molar-refractivity contribution in [1.29, 1.82) is 0 Å². The van der Waals surface area contributed by atoms with Crippen molar-refractivity contribution in [3.8, 4) is 0 Å². The topological polar surface area (TPSA) is 140 Å². The number of nitrogens with one attached hydrogen (secondary N) is 1. The molecule has 1 aliphatic rings. The van der Waals surface area contributed by atoms with E-state index in [1.165, 1.54) is 5.56 Å². The maximum Gasteiger partial charge on any atom is 0.300 e. The van der Waals surface area contributed by atoms with Gasteiger partial charge in [-0.1, -0.05) is 18.2 Å².